The molecule has 2 heterocycles. The Morgan fingerprint density at radius 2 is 2.17 bits per heavy atom. The number of unbranched alkanes of at least 4 members (excludes halogenated alkanes) is 1. The fourth-order valence-electron chi connectivity index (χ4n) is 2.94. The number of nitrogens with one attached hydrogen (secondary N) is 1. The van der Waals surface area contributed by atoms with Gasteiger partial charge in [0.15, 0.2) is 0 Å². The van der Waals surface area contributed by atoms with Gasteiger partial charge in [-0.1, -0.05) is 26.7 Å². The maximum atomic E-state index is 4.87. The number of hydrogen-bond donors (Lipinski definition) is 1. The van der Waals surface area contributed by atoms with E-state index in [1.54, 1.807) is 0 Å². The highest BCUT2D eigenvalue weighted by Gasteiger charge is 2.21. The van der Waals surface area contributed by atoms with Crippen molar-refractivity contribution in [1.82, 2.24) is 14.9 Å². The van der Waals surface area contributed by atoms with Crippen molar-refractivity contribution in [2.24, 2.45) is 0 Å². The van der Waals surface area contributed by atoms with Crippen LogP contribution in [0.4, 0.5) is 0 Å². The second-order valence-electron chi connectivity index (χ2n) is 5.46. The van der Waals surface area contributed by atoms with Gasteiger partial charge in [0, 0.05) is 37.7 Å². The SMILES string of the molecule is CCCCC(C)n1c(CCC)nc2c1CCNC2. The molecule has 0 saturated carbocycles. The zero-order valence-electron chi connectivity index (χ0n) is 12.1. The molecule has 2 rings (SSSR count). The summed E-state index contributed by atoms with van der Waals surface area (Å²) in [6, 6.07) is 0.612. The lowest BCUT2D eigenvalue weighted by Gasteiger charge is -2.21. The lowest BCUT2D eigenvalue weighted by atomic mass is 10.1. The van der Waals surface area contributed by atoms with Gasteiger partial charge < -0.3 is 9.88 Å². The Labute approximate surface area is 111 Å². The van der Waals surface area contributed by atoms with Gasteiger partial charge in [-0.15, -0.1) is 0 Å². The Bertz CT molecular complexity index is 381. The Kier molecular flexibility index (Phi) is 4.81. The van der Waals surface area contributed by atoms with Crippen LogP contribution in [0, 0.1) is 0 Å². The first kappa shape index (κ1) is 13.6. The first-order chi connectivity index (χ1) is 8.77. The number of aromatic nitrogens is 2. The van der Waals surface area contributed by atoms with Gasteiger partial charge in [-0.05, 0) is 19.8 Å². The third-order valence-electron chi connectivity index (χ3n) is 3.89. The zero-order chi connectivity index (χ0) is 13.0. The maximum Gasteiger partial charge on any atom is 0.109 e. The molecule has 1 aromatic rings. The van der Waals surface area contributed by atoms with Gasteiger partial charge in [-0.3, -0.25) is 0 Å². The Morgan fingerprint density at radius 3 is 2.89 bits per heavy atom. The van der Waals surface area contributed by atoms with Crippen LogP contribution in [0.3, 0.4) is 0 Å². The molecule has 1 aliphatic rings. The van der Waals surface area contributed by atoms with E-state index in [1.165, 1.54) is 42.9 Å². The maximum absolute atomic E-state index is 4.87. The normalized spacial score (nSPS) is 16.6. The average Bonchev–Trinajstić information content (AvgIpc) is 2.74. The molecule has 0 saturated heterocycles. The second kappa shape index (κ2) is 6.37. The number of fused-ring (bicyclic) bond motifs is 1. The first-order valence-corrected chi connectivity index (χ1v) is 7.57. The van der Waals surface area contributed by atoms with Gasteiger partial charge in [0.1, 0.15) is 5.82 Å². The molecular weight excluding hydrogens is 222 g/mol. The Hall–Kier alpha value is -0.830. The molecule has 0 aliphatic carbocycles. The van der Waals surface area contributed by atoms with Crippen LogP contribution < -0.4 is 5.32 Å². The molecule has 0 bridgehead atoms. The van der Waals surface area contributed by atoms with Crippen molar-refractivity contribution in [2.75, 3.05) is 6.54 Å². The highest BCUT2D eigenvalue weighted by molar-refractivity contribution is 5.21. The fraction of sp³-hybridized carbons (Fsp3) is 0.800. The molecule has 1 N–H and O–H groups in total. The van der Waals surface area contributed by atoms with Gasteiger partial charge >= 0.3 is 0 Å². The van der Waals surface area contributed by atoms with E-state index in [-0.39, 0.29) is 0 Å². The molecule has 0 amide bonds. The third kappa shape index (κ3) is 2.77. The summed E-state index contributed by atoms with van der Waals surface area (Å²) in [6.45, 7) is 8.93. The molecule has 1 atom stereocenters. The summed E-state index contributed by atoms with van der Waals surface area (Å²) >= 11 is 0. The molecule has 0 fully saturated rings. The minimum atomic E-state index is 0.612. The van der Waals surface area contributed by atoms with Crippen molar-refractivity contribution in [1.29, 1.82) is 0 Å². The largest absolute Gasteiger partial charge is 0.329 e. The lowest BCUT2D eigenvalue weighted by molar-refractivity contribution is 0.449. The molecule has 1 aliphatic heterocycles. The molecule has 18 heavy (non-hydrogen) atoms. The van der Waals surface area contributed by atoms with Crippen LogP contribution >= 0.6 is 0 Å². The summed E-state index contributed by atoms with van der Waals surface area (Å²) in [5.74, 6) is 1.31. The number of hydrogen-bond acceptors (Lipinski definition) is 2. The molecule has 3 heteroatoms. The smallest absolute Gasteiger partial charge is 0.109 e. The van der Waals surface area contributed by atoms with Crippen LogP contribution in [-0.2, 0) is 19.4 Å². The summed E-state index contributed by atoms with van der Waals surface area (Å²) < 4.78 is 2.55. The van der Waals surface area contributed by atoms with Crippen molar-refractivity contribution in [2.45, 2.75) is 71.9 Å². The highest BCUT2D eigenvalue weighted by Crippen LogP contribution is 2.25. The minimum absolute atomic E-state index is 0.612. The van der Waals surface area contributed by atoms with Gasteiger partial charge in [0.05, 0.1) is 5.69 Å². The van der Waals surface area contributed by atoms with Crippen molar-refractivity contribution in [3.05, 3.63) is 17.2 Å². The van der Waals surface area contributed by atoms with E-state index < -0.39 is 0 Å². The predicted octanol–water partition coefficient (Wildman–Crippen LogP) is 3.23. The van der Waals surface area contributed by atoms with Gasteiger partial charge in [-0.25, -0.2) is 4.98 Å². The minimum Gasteiger partial charge on any atom is -0.329 e. The molecular formula is C15H27N3. The number of nitrogens with zero attached hydrogens (tertiary/aromatic N) is 2. The molecule has 0 radical (unpaired) electrons. The van der Waals surface area contributed by atoms with Gasteiger partial charge in [0.2, 0.25) is 0 Å². The van der Waals surface area contributed by atoms with E-state index in [1.807, 2.05) is 0 Å². The third-order valence-corrected chi connectivity index (χ3v) is 3.89. The van der Waals surface area contributed by atoms with Crippen molar-refractivity contribution in [3.63, 3.8) is 0 Å². The lowest BCUT2D eigenvalue weighted by Crippen LogP contribution is -2.25. The van der Waals surface area contributed by atoms with Crippen LogP contribution in [0.1, 0.15) is 69.7 Å². The van der Waals surface area contributed by atoms with Crippen molar-refractivity contribution in [3.8, 4) is 0 Å². The van der Waals surface area contributed by atoms with Crippen LogP contribution in [0.2, 0.25) is 0 Å². The Morgan fingerprint density at radius 1 is 1.33 bits per heavy atom. The summed E-state index contributed by atoms with van der Waals surface area (Å²) in [4.78, 5) is 4.87. The Balaban J connectivity index is 2.26. The fourth-order valence-corrected chi connectivity index (χ4v) is 2.94. The van der Waals surface area contributed by atoms with Gasteiger partial charge in [-0.2, -0.15) is 0 Å². The summed E-state index contributed by atoms with van der Waals surface area (Å²) in [6.07, 6.45) is 7.32. The van der Waals surface area contributed by atoms with Crippen molar-refractivity contribution >= 4 is 0 Å². The van der Waals surface area contributed by atoms with E-state index in [2.05, 4.69) is 30.7 Å². The topological polar surface area (TPSA) is 29.9 Å². The second-order valence-corrected chi connectivity index (χ2v) is 5.46. The molecule has 3 nitrogen and oxygen atoms in total. The molecule has 1 unspecified atom stereocenters. The van der Waals surface area contributed by atoms with Crippen LogP contribution in [0.15, 0.2) is 0 Å². The van der Waals surface area contributed by atoms with E-state index in [0.29, 0.717) is 6.04 Å². The molecule has 0 aromatic carbocycles. The molecule has 0 spiro atoms. The zero-order valence-corrected chi connectivity index (χ0v) is 12.1. The quantitative estimate of drug-likeness (QED) is 0.839. The van der Waals surface area contributed by atoms with Crippen LogP contribution in [0.5, 0.6) is 0 Å². The monoisotopic (exact) mass is 249 g/mol. The summed E-state index contributed by atoms with van der Waals surface area (Å²) in [5, 5.41) is 3.43. The van der Waals surface area contributed by atoms with Crippen LogP contribution in [0.25, 0.3) is 0 Å². The van der Waals surface area contributed by atoms with Crippen LogP contribution in [-0.4, -0.2) is 16.1 Å². The number of imidazole rings is 1. The van der Waals surface area contributed by atoms with E-state index in [4.69, 9.17) is 4.98 Å². The van der Waals surface area contributed by atoms with Crippen molar-refractivity contribution < 1.29 is 0 Å². The molecule has 102 valence electrons. The first-order valence-electron chi connectivity index (χ1n) is 7.57. The van der Waals surface area contributed by atoms with E-state index in [9.17, 15) is 0 Å². The summed E-state index contributed by atoms with van der Waals surface area (Å²) in [5.41, 5.74) is 2.80. The van der Waals surface area contributed by atoms with E-state index >= 15 is 0 Å². The molecule has 1 aromatic heterocycles. The standard InChI is InChI=1S/C15H27N3/c1-4-6-8-12(3)18-14-9-10-16-11-13(14)17-15(18)7-5-2/h12,16H,4-11H2,1-3H3. The average molecular weight is 249 g/mol. The summed E-state index contributed by atoms with van der Waals surface area (Å²) in [7, 11) is 0. The van der Waals surface area contributed by atoms with E-state index in [0.717, 1.165) is 25.9 Å². The number of aryl methyl sites for hydroxylation is 1. The highest BCUT2D eigenvalue weighted by atomic mass is 15.1. The van der Waals surface area contributed by atoms with Gasteiger partial charge in [0.25, 0.3) is 0 Å². The predicted molar refractivity (Wildman–Crippen MR) is 75.9 cm³/mol. The number of rotatable bonds is 6.